The molecule has 0 amide bonds. The van der Waals surface area contributed by atoms with Crippen LogP contribution in [0.5, 0.6) is 17.2 Å². The molecule has 0 aliphatic carbocycles. The number of benzene rings is 1. The molecule has 1 aliphatic rings. The first-order valence-electron chi connectivity index (χ1n) is 10.6. The first-order valence-corrected chi connectivity index (χ1v) is 12.5. The maximum absolute atomic E-state index is 11.9. The average Bonchev–Trinajstić information content (AvgIpc) is 3.04. The number of hydrogen-bond donors (Lipinski definition) is 1. The van der Waals surface area contributed by atoms with Crippen LogP contribution in [0, 0.1) is 5.92 Å². The van der Waals surface area contributed by atoms with Crippen LogP contribution in [0.3, 0.4) is 0 Å². The first kappa shape index (κ1) is 24.3. The van der Waals surface area contributed by atoms with E-state index in [2.05, 4.69) is 24.4 Å². The van der Waals surface area contributed by atoms with Gasteiger partial charge in [-0.3, -0.25) is 4.90 Å². The third-order valence-electron chi connectivity index (χ3n) is 5.61. The Morgan fingerprint density at radius 3 is 2.34 bits per heavy atom. The number of nitrogens with one attached hydrogen (secondary N) is 1. The lowest BCUT2D eigenvalue weighted by Crippen LogP contribution is -2.33. The van der Waals surface area contributed by atoms with Gasteiger partial charge in [-0.15, -0.1) is 10.2 Å². The molecule has 0 fully saturated rings. The van der Waals surface area contributed by atoms with E-state index in [9.17, 15) is 8.42 Å². The number of hydrogen-bond acceptors (Lipinski definition) is 8. The molecule has 0 spiro atoms. The minimum Gasteiger partial charge on any atom is -0.493 e. The van der Waals surface area contributed by atoms with Gasteiger partial charge in [-0.25, -0.2) is 13.1 Å². The number of sulfonamides is 1. The van der Waals surface area contributed by atoms with Crippen molar-refractivity contribution in [1.29, 1.82) is 0 Å². The van der Waals surface area contributed by atoms with Gasteiger partial charge in [0.05, 0.1) is 33.6 Å². The van der Waals surface area contributed by atoms with Gasteiger partial charge in [-0.1, -0.05) is 19.9 Å². The highest BCUT2D eigenvalue weighted by Crippen LogP contribution is 2.40. The highest BCUT2D eigenvalue weighted by atomic mass is 32.2. The Kier molecular flexibility index (Phi) is 7.63. The molecular weight excluding hydrogens is 434 g/mol. The maximum atomic E-state index is 11.9. The Labute approximate surface area is 189 Å². The van der Waals surface area contributed by atoms with Gasteiger partial charge in [0.1, 0.15) is 5.82 Å². The standard InChI is InChI=1S/C21H33N5O5S/c1-14(2)18(24-32(6,27)28)21-23-22-17-9-10-25(11-12-26(17)21)13-15-7-8-16(29-3)20(31-5)19(15)30-4/h7-8,14,18,24H,9-13H2,1-6H3. The molecule has 2 heterocycles. The van der Waals surface area contributed by atoms with Crippen LogP contribution in [0.1, 0.15) is 37.1 Å². The molecule has 0 saturated carbocycles. The summed E-state index contributed by atoms with van der Waals surface area (Å²) < 4.78 is 45.0. The molecule has 0 bridgehead atoms. The fourth-order valence-electron chi connectivity index (χ4n) is 4.02. The van der Waals surface area contributed by atoms with E-state index in [-0.39, 0.29) is 5.92 Å². The Morgan fingerprint density at radius 1 is 1.03 bits per heavy atom. The Morgan fingerprint density at radius 2 is 1.75 bits per heavy atom. The third-order valence-corrected chi connectivity index (χ3v) is 6.30. The molecule has 178 valence electrons. The van der Waals surface area contributed by atoms with Crippen LogP contribution in [0.2, 0.25) is 0 Å². The second kappa shape index (κ2) is 10.1. The summed E-state index contributed by atoms with van der Waals surface area (Å²) in [5.41, 5.74) is 1.00. The molecule has 32 heavy (non-hydrogen) atoms. The van der Waals surface area contributed by atoms with E-state index in [1.165, 1.54) is 6.26 Å². The number of aromatic nitrogens is 3. The fourth-order valence-corrected chi connectivity index (χ4v) is 4.86. The van der Waals surface area contributed by atoms with E-state index in [1.807, 2.05) is 26.0 Å². The Bertz CT molecular complexity index is 1040. The van der Waals surface area contributed by atoms with E-state index in [4.69, 9.17) is 14.2 Å². The van der Waals surface area contributed by atoms with Crippen molar-refractivity contribution in [2.24, 2.45) is 5.92 Å². The summed E-state index contributed by atoms with van der Waals surface area (Å²) in [6.07, 6.45) is 1.88. The van der Waals surface area contributed by atoms with Gasteiger partial charge in [0.15, 0.2) is 17.3 Å². The zero-order valence-electron chi connectivity index (χ0n) is 19.6. The molecule has 0 saturated heterocycles. The van der Waals surface area contributed by atoms with Crippen molar-refractivity contribution in [2.45, 2.75) is 39.4 Å². The summed E-state index contributed by atoms with van der Waals surface area (Å²) in [5, 5.41) is 8.71. The lowest BCUT2D eigenvalue weighted by molar-refractivity contribution is 0.260. The largest absolute Gasteiger partial charge is 0.493 e. The van der Waals surface area contributed by atoms with Crippen LogP contribution < -0.4 is 18.9 Å². The Hall–Kier alpha value is -2.37. The van der Waals surface area contributed by atoms with Crippen molar-refractivity contribution < 1.29 is 22.6 Å². The van der Waals surface area contributed by atoms with Gasteiger partial charge in [-0.2, -0.15) is 0 Å². The van der Waals surface area contributed by atoms with Crippen LogP contribution in [0.15, 0.2) is 12.1 Å². The van der Waals surface area contributed by atoms with E-state index < -0.39 is 16.1 Å². The van der Waals surface area contributed by atoms with E-state index in [1.54, 1.807) is 21.3 Å². The normalized spacial score (nSPS) is 15.8. The smallest absolute Gasteiger partial charge is 0.209 e. The van der Waals surface area contributed by atoms with Crippen molar-refractivity contribution in [1.82, 2.24) is 24.4 Å². The monoisotopic (exact) mass is 467 g/mol. The number of fused-ring (bicyclic) bond motifs is 1. The van der Waals surface area contributed by atoms with Crippen LogP contribution in [0.25, 0.3) is 0 Å². The van der Waals surface area contributed by atoms with Gasteiger partial charge in [-0.05, 0) is 12.0 Å². The average molecular weight is 468 g/mol. The molecule has 1 N–H and O–H groups in total. The van der Waals surface area contributed by atoms with E-state index in [0.29, 0.717) is 42.6 Å². The topological polar surface area (TPSA) is 108 Å². The Balaban J connectivity index is 1.81. The van der Waals surface area contributed by atoms with Gasteiger partial charge in [0, 0.05) is 38.2 Å². The highest BCUT2D eigenvalue weighted by Gasteiger charge is 2.28. The zero-order chi connectivity index (χ0) is 23.5. The zero-order valence-corrected chi connectivity index (χ0v) is 20.4. The van der Waals surface area contributed by atoms with Gasteiger partial charge < -0.3 is 18.8 Å². The predicted molar refractivity (Wildman–Crippen MR) is 121 cm³/mol. The fraction of sp³-hybridized carbons (Fsp3) is 0.619. The summed E-state index contributed by atoms with van der Waals surface area (Å²) in [6.45, 7) is 6.84. The summed E-state index contributed by atoms with van der Waals surface area (Å²) in [4.78, 5) is 2.32. The number of nitrogens with zero attached hydrogens (tertiary/aromatic N) is 4. The molecule has 0 radical (unpaired) electrons. The maximum Gasteiger partial charge on any atom is 0.209 e. The molecule has 1 aromatic carbocycles. The second-order valence-corrected chi connectivity index (χ2v) is 10.0. The minimum absolute atomic E-state index is 0.0356. The van der Waals surface area contributed by atoms with Crippen LogP contribution in [-0.4, -0.2) is 68.8 Å². The van der Waals surface area contributed by atoms with Gasteiger partial charge in [0.2, 0.25) is 15.8 Å². The second-order valence-electron chi connectivity index (χ2n) is 8.26. The molecule has 3 rings (SSSR count). The molecule has 1 atom stereocenters. The predicted octanol–water partition coefficient (Wildman–Crippen LogP) is 1.61. The lowest BCUT2D eigenvalue weighted by Gasteiger charge is -2.23. The van der Waals surface area contributed by atoms with Crippen molar-refractivity contribution >= 4 is 10.0 Å². The van der Waals surface area contributed by atoms with E-state index in [0.717, 1.165) is 24.5 Å². The van der Waals surface area contributed by atoms with Gasteiger partial charge >= 0.3 is 0 Å². The molecule has 1 aliphatic heterocycles. The minimum atomic E-state index is -3.38. The summed E-state index contributed by atoms with van der Waals surface area (Å²) in [6, 6.07) is 3.44. The molecule has 10 nitrogen and oxygen atoms in total. The highest BCUT2D eigenvalue weighted by molar-refractivity contribution is 7.88. The number of methoxy groups -OCH3 is 3. The third kappa shape index (κ3) is 5.33. The van der Waals surface area contributed by atoms with Crippen LogP contribution in [0.4, 0.5) is 0 Å². The molecule has 1 unspecified atom stereocenters. The molecular formula is C21H33N5O5S. The van der Waals surface area contributed by atoms with E-state index >= 15 is 0 Å². The number of ether oxygens (including phenoxy) is 3. The summed E-state index contributed by atoms with van der Waals surface area (Å²) >= 11 is 0. The van der Waals surface area contributed by atoms with Gasteiger partial charge in [0.25, 0.3) is 0 Å². The van der Waals surface area contributed by atoms with Crippen molar-refractivity contribution in [3.05, 3.63) is 29.3 Å². The SMILES string of the molecule is COc1ccc(CN2CCc3nnc(C(NS(C)(=O)=O)C(C)C)n3CC2)c(OC)c1OC. The molecule has 2 aromatic rings. The van der Waals surface area contributed by atoms with Crippen LogP contribution >= 0.6 is 0 Å². The van der Waals surface area contributed by atoms with Crippen molar-refractivity contribution in [2.75, 3.05) is 40.7 Å². The number of rotatable bonds is 9. The summed E-state index contributed by atoms with van der Waals surface area (Å²) in [5.74, 6) is 3.42. The lowest BCUT2D eigenvalue weighted by atomic mass is 10.1. The van der Waals surface area contributed by atoms with Crippen LogP contribution in [-0.2, 0) is 29.5 Å². The first-order chi connectivity index (χ1) is 15.2. The quantitative estimate of drug-likeness (QED) is 0.593. The molecule has 1 aromatic heterocycles. The summed E-state index contributed by atoms with van der Waals surface area (Å²) in [7, 11) is 1.44. The van der Waals surface area contributed by atoms with Crippen molar-refractivity contribution in [3.8, 4) is 17.2 Å². The molecule has 11 heteroatoms. The van der Waals surface area contributed by atoms with Crippen molar-refractivity contribution in [3.63, 3.8) is 0 Å².